The van der Waals surface area contributed by atoms with Gasteiger partial charge in [-0.1, -0.05) is 46.0 Å². The number of nitrogens with one attached hydrogen (secondary N) is 5. The van der Waals surface area contributed by atoms with E-state index in [0.717, 1.165) is 32.7 Å². The Labute approximate surface area is 170 Å². The minimum absolute atomic E-state index is 1.06. The molecule has 0 aliphatic carbocycles. The molecule has 27 heavy (non-hydrogen) atoms. The summed E-state index contributed by atoms with van der Waals surface area (Å²) >= 11 is 0. The minimum Gasteiger partial charge on any atom is -0.317 e. The molecule has 0 bridgehead atoms. The minimum atomic E-state index is 1.06. The first-order valence-electron chi connectivity index (χ1n) is 11.9. The summed E-state index contributed by atoms with van der Waals surface area (Å²) in [7, 11) is 0. The average Bonchev–Trinajstić information content (AvgIpc) is 2.68. The zero-order valence-electron chi connectivity index (χ0n) is 18.6. The van der Waals surface area contributed by atoms with Crippen molar-refractivity contribution in [2.24, 2.45) is 0 Å². The molecule has 0 rings (SSSR count). The Kier molecular flexibility index (Phi) is 25.6. The maximum atomic E-state index is 3.60. The van der Waals surface area contributed by atoms with Crippen LogP contribution in [-0.2, 0) is 0 Å². The maximum Gasteiger partial charge on any atom is 0.00772 e. The smallest absolute Gasteiger partial charge is 0.00772 e. The van der Waals surface area contributed by atoms with E-state index < -0.39 is 0 Å². The molecule has 164 valence electrons. The van der Waals surface area contributed by atoms with Crippen LogP contribution in [0, 0.1) is 0 Å². The quantitative estimate of drug-likeness (QED) is 0.165. The molecule has 5 nitrogen and oxygen atoms in total. The molecular weight excluding hydrogens is 334 g/mol. The first kappa shape index (κ1) is 26.8. The number of hydrogen-bond donors (Lipinski definition) is 5. The summed E-state index contributed by atoms with van der Waals surface area (Å²) in [6, 6.07) is 0. The fourth-order valence-corrected chi connectivity index (χ4v) is 3.04. The summed E-state index contributed by atoms with van der Waals surface area (Å²) in [5.41, 5.74) is 0. The standard InChI is InChI=1S/C22H51N5/c1-3-5-14-24-16-12-9-13-17-25-15-10-7-6-8-11-18-26-21-22-27-20-19-23-4-2/h23-27H,3-22H2,1-2H3. The lowest BCUT2D eigenvalue weighted by Crippen LogP contribution is -2.32. The van der Waals surface area contributed by atoms with E-state index in [2.05, 4.69) is 40.4 Å². The lowest BCUT2D eigenvalue weighted by molar-refractivity contribution is 0.532. The Morgan fingerprint density at radius 3 is 1.15 bits per heavy atom. The van der Waals surface area contributed by atoms with Crippen molar-refractivity contribution in [3.05, 3.63) is 0 Å². The molecule has 0 spiro atoms. The van der Waals surface area contributed by atoms with Gasteiger partial charge in [0.25, 0.3) is 0 Å². The fraction of sp³-hybridized carbons (Fsp3) is 1.00. The Bertz CT molecular complexity index is 227. The summed E-state index contributed by atoms with van der Waals surface area (Å²) < 4.78 is 0. The van der Waals surface area contributed by atoms with Crippen molar-refractivity contribution in [3.63, 3.8) is 0 Å². The predicted molar refractivity (Wildman–Crippen MR) is 122 cm³/mol. The zero-order chi connectivity index (χ0) is 19.7. The second kappa shape index (κ2) is 25.8. The molecule has 0 fully saturated rings. The summed E-state index contributed by atoms with van der Waals surface area (Å²) in [6.45, 7) is 15.7. The Hall–Kier alpha value is -0.200. The summed E-state index contributed by atoms with van der Waals surface area (Å²) in [5.74, 6) is 0. The summed E-state index contributed by atoms with van der Waals surface area (Å²) in [4.78, 5) is 0. The van der Waals surface area contributed by atoms with Gasteiger partial charge in [-0.25, -0.2) is 0 Å². The second-order valence-electron chi connectivity index (χ2n) is 7.54. The molecule has 0 aliphatic heterocycles. The van der Waals surface area contributed by atoms with Crippen molar-refractivity contribution in [3.8, 4) is 0 Å². The molecule has 0 aromatic carbocycles. The monoisotopic (exact) mass is 385 g/mol. The zero-order valence-corrected chi connectivity index (χ0v) is 18.6. The number of likely N-dealkylation sites (N-methyl/N-ethyl adjacent to an activating group) is 1. The van der Waals surface area contributed by atoms with Crippen LogP contribution < -0.4 is 26.6 Å². The first-order valence-corrected chi connectivity index (χ1v) is 11.9. The van der Waals surface area contributed by atoms with Crippen LogP contribution in [0.3, 0.4) is 0 Å². The van der Waals surface area contributed by atoms with Gasteiger partial charge < -0.3 is 26.6 Å². The Morgan fingerprint density at radius 2 is 0.667 bits per heavy atom. The molecule has 0 saturated heterocycles. The lowest BCUT2D eigenvalue weighted by atomic mass is 10.1. The molecule has 5 N–H and O–H groups in total. The van der Waals surface area contributed by atoms with E-state index in [1.807, 2.05) is 0 Å². The highest BCUT2D eigenvalue weighted by molar-refractivity contribution is 4.56. The van der Waals surface area contributed by atoms with Crippen LogP contribution in [0.1, 0.15) is 78.1 Å². The van der Waals surface area contributed by atoms with Crippen LogP contribution in [-0.4, -0.2) is 65.4 Å². The van der Waals surface area contributed by atoms with Gasteiger partial charge in [0.2, 0.25) is 0 Å². The largest absolute Gasteiger partial charge is 0.317 e. The highest BCUT2D eigenvalue weighted by Crippen LogP contribution is 2.01. The third-order valence-electron chi connectivity index (χ3n) is 4.83. The van der Waals surface area contributed by atoms with E-state index in [0.29, 0.717) is 0 Å². The van der Waals surface area contributed by atoms with Crippen molar-refractivity contribution in [2.45, 2.75) is 78.1 Å². The van der Waals surface area contributed by atoms with Crippen molar-refractivity contribution in [2.75, 3.05) is 65.4 Å². The van der Waals surface area contributed by atoms with Gasteiger partial charge in [-0.2, -0.15) is 0 Å². The van der Waals surface area contributed by atoms with Crippen molar-refractivity contribution in [1.29, 1.82) is 0 Å². The van der Waals surface area contributed by atoms with Crippen molar-refractivity contribution < 1.29 is 0 Å². The van der Waals surface area contributed by atoms with E-state index in [4.69, 9.17) is 0 Å². The third-order valence-corrected chi connectivity index (χ3v) is 4.83. The van der Waals surface area contributed by atoms with Crippen molar-refractivity contribution >= 4 is 0 Å². The Balaban J connectivity index is 2.95. The van der Waals surface area contributed by atoms with E-state index in [1.165, 1.54) is 96.9 Å². The van der Waals surface area contributed by atoms with Gasteiger partial charge in [0.1, 0.15) is 0 Å². The van der Waals surface area contributed by atoms with Gasteiger partial charge in [-0.15, -0.1) is 0 Å². The van der Waals surface area contributed by atoms with Crippen LogP contribution in [0.5, 0.6) is 0 Å². The molecule has 0 radical (unpaired) electrons. The number of hydrogen-bond acceptors (Lipinski definition) is 5. The van der Waals surface area contributed by atoms with Gasteiger partial charge in [0.05, 0.1) is 0 Å². The third kappa shape index (κ3) is 25.8. The first-order chi connectivity index (χ1) is 13.4. The van der Waals surface area contributed by atoms with E-state index in [9.17, 15) is 0 Å². The van der Waals surface area contributed by atoms with Gasteiger partial charge >= 0.3 is 0 Å². The normalized spacial score (nSPS) is 11.3. The Morgan fingerprint density at radius 1 is 0.333 bits per heavy atom. The SMILES string of the molecule is CCCCNCCCCCNCCCCCCCNCCNCCNCC. The van der Waals surface area contributed by atoms with Crippen LogP contribution in [0.4, 0.5) is 0 Å². The van der Waals surface area contributed by atoms with Crippen LogP contribution >= 0.6 is 0 Å². The van der Waals surface area contributed by atoms with Gasteiger partial charge in [0, 0.05) is 26.2 Å². The molecule has 0 amide bonds. The van der Waals surface area contributed by atoms with E-state index in [-0.39, 0.29) is 0 Å². The van der Waals surface area contributed by atoms with Crippen LogP contribution in [0.15, 0.2) is 0 Å². The molecule has 5 heteroatoms. The number of rotatable bonds is 24. The average molecular weight is 386 g/mol. The highest BCUT2D eigenvalue weighted by atomic mass is 15.0. The van der Waals surface area contributed by atoms with Crippen LogP contribution in [0.25, 0.3) is 0 Å². The fourth-order valence-electron chi connectivity index (χ4n) is 3.04. The molecule has 0 aromatic rings. The molecule has 0 aromatic heterocycles. The topological polar surface area (TPSA) is 60.1 Å². The highest BCUT2D eigenvalue weighted by Gasteiger charge is 1.94. The molecule has 0 aliphatic rings. The molecular formula is C22H51N5. The van der Waals surface area contributed by atoms with Gasteiger partial charge in [-0.05, 0) is 71.4 Å². The summed E-state index contributed by atoms with van der Waals surface area (Å²) in [5, 5.41) is 17.4. The summed E-state index contributed by atoms with van der Waals surface area (Å²) in [6.07, 6.45) is 13.4. The second-order valence-corrected chi connectivity index (χ2v) is 7.54. The lowest BCUT2D eigenvalue weighted by Gasteiger charge is -2.07. The maximum absolute atomic E-state index is 3.60. The molecule has 0 atom stereocenters. The van der Waals surface area contributed by atoms with Gasteiger partial charge in [0.15, 0.2) is 0 Å². The molecule has 0 heterocycles. The molecule has 0 unspecified atom stereocenters. The van der Waals surface area contributed by atoms with E-state index in [1.54, 1.807) is 0 Å². The van der Waals surface area contributed by atoms with Gasteiger partial charge in [-0.3, -0.25) is 0 Å². The van der Waals surface area contributed by atoms with Crippen molar-refractivity contribution in [1.82, 2.24) is 26.6 Å². The predicted octanol–water partition coefficient (Wildman–Crippen LogP) is 2.88. The van der Waals surface area contributed by atoms with E-state index >= 15 is 0 Å². The molecule has 0 saturated carbocycles. The number of unbranched alkanes of at least 4 members (excludes halogenated alkanes) is 7. The van der Waals surface area contributed by atoms with Crippen LogP contribution in [0.2, 0.25) is 0 Å².